The number of hydrogen-bond donors (Lipinski definition) is 1. The molecule has 0 bridgehead atoms. The van der Waals surface area contributed by atoms with Crippen LogP contribution in [0.3, 0.4) is 0 Å². The van der Waals surface area contributed by atoms with Crippen LogP contribution in [0.4, 0.5) is 0 Å². The second kappa shape index (κ2) is 9.01. The van der Waals surface area contributed by atoms with Gasteiger partial charge in [-0.15, -0.1) is 11.3 Å². The molecule has 1 aliphatic rings. The van der Waals surface area contributed by atoms with Crippen molar-refractivity contribution in [3.8, 4) is 0 Å². The van der Waals surface area contributed by atoms with Gasteiger partial charge in [0.2, 0.25) is 5.91 Å². The first kappa shape index (κ1) is 17.9. The summed E-state index contributed by atoms with van der Waals surface area (Å²) in [5.74, 6) is 0.362. The molecule has 0 aromatic carbocycles. The van der Waals surface area contributed by atoms with Crippen LogP contribution in [-0.2, 0) is 11.3 Å². The molecule has 2 amide bonds. The Hall–Kier alpha value is -1.43. The summed E-state index contributed by atoms with van der Waals surface area (Å²) in [7, 11) is 0. The zero-order chi connectivity index (χ0) is 16.7. The lowest BCUT2D eigenvalue weighted by atomic mass is 10.2. The van der Waals surface area contributed by atoms with Gasteiger partial charge in [-0.25, -0.2) is 4.98 Å². The predicted molar refractivity (Wildman–Crippen MR) is 92.4 cm³/mol. The molecular weight excluding hydrogens is 310 g/mol. The Morgan fingerprint density at radius 1 is 1.30 bits per heavy atom. The van der Waals surface area contributed by atoms with Crippen LogP contribution < -0.4 is 5.32 Å². The van der Waals surface area contributed by atoms with Crippen LogP contribution in [-0.4, -0.2) is 34.8 Å². The first-order valence-electron chi connectivity index (χ1n) is 8.67. The van der Waals surface area contributed by atoms with Crippen molar-refractivity contribution in [2.75, 3.05) is 13.1 Å². The molecule has 1 aromatic heterocycles. The van der Waals surface area contributed by atoms with E-state index in [1.54, 1.807) is 5.38 Å². The Bertz CT molecular complexity index is 526. The number of carbonyl (C=O) groups is 2. The zero-order valence-electron chi connectivity index (χ0n) is 14.1. The molecule has 1 fully saturated rings. The summed E-state index contributed by atoms with van der Waals surface area (Å²) in [6.07, 6.45) is 6.14. The Morgan fingerprint density at radius 3 is 2.70 bits per heavy atom. The molecule has 23 heavy (non-hydrogen) atoms. The number of unbranched alkanes of at least 4 members (excludes halogenated alkanes) is 2. The highest BCUT2D eigenvalue weighted by Crippen LogP contribution is 2.31. The summed E-state index contributed by atoms with van der Waals surface area (Å²) in [5, 5.41) is 5.51. The zero-order valence-corrected chi connectivity index (χ0v) is 15.0. The van der Waals surface area contributed by atoms with Crippen molar-refractivity contribution >= 4 is 23.2 Å². The van der Waals surface area contributed by atoms with E-state index in [2.05, 4.69) is 24.1 Å². The first-order chi connectivity index (χ1) is 11.2. The third-order valence-electron chi connectivity index (χ3n) is 3.95. The van der Waals surface area contributed by atoms with Gasteiger partial charge in [-0.3, -0.25) is 9.59 Å². The largest absolute Gasteiger partial charge is 0.351 e. The maximum Gasteiger partial charge on any atom is 0.270 e. The smallest absolute Gasteiger partial charge is 0.270 e. The van der Waals surface area contributed by atoms with Gasteiger partial charge in [0.05, 0.1) is 6.54 Å². The number of amides is 2. The fourth-order valence-corrected chi connectivity index (χ4v) is 3.11. The van der Waals surface area contributed by atoms with E-state index in [-0.39, 0.29) is 17.7 Å². The Balaban J connectivity index is 1.91. The molecule has 2 rings (SSSR count). The number of nitrogens with zero attached hydrogens (tertiary/aromatic N) is 2. The molecule has 5 nitrogen and oxygen atoms in total. The van der Waals surface area contributed by atoms with Gasteiger partial charge in [0.25, 0.3) is 5.91 Å². The van der Waals surface area contributed by atoms with Gasteiger partial charge < -0.3 is 10.2 Å². The van der Waals surface area contributed by atoms with Crippen LogP contribution in [0.15, 0.2) is 5.38 Å². The van der Waals surface area contributed by atoms with Crippen LogP contribution in [0, 0.1) is 5.92 Å². The lowest BCUT2D eigenvalue weighted by Gasteiger charge is -2.21. The highest BCUT2D eigenvalue weighted by Gasteiger charge is 2.33. The molecule has 0 aliphatic heterocycles. The molecule has 1 N–H and O–H groups in total. The van der Waals surface area contributed by atoms with Crippen LogP contribution in [0.25, 0.3) is 0 Å². The minimum Gasteiger partial charge on any atom is -0.351 e. The summed E-state index contributed by atoms with van der Waals surface area (Å²) in [6.45, 7) is 6.22. The summed E-state index contributed by atoms with van der Waals surface area (Å²) in [6, 6.07) is 0. The number of thiazole rings is 1. The second-order valence-corrected chi connectivity index (χ2v) is 7.07. The third-order valence-corrected chi connectivity index (χ3v) is 4.78. The van der Waals surface area contributed by atoms with Crippen molar-refractivity contribution in [3.63, 3.8) is 0 Å². The standard InChI is InChI=1S/C17H27N3O2S/c1-3-5-9-18-16(21)14-12-23-15(19-14)11-20(10-6-4-2)17(22)13-7-8-13/h12-13H,3-11H2,1-2H3,(H,18,21). The van der Waals surface area contributed by atoms with Gasteiger partial charge in [0.15, 0.2) is 0 Å². The number of carbonyl (C=O) groups excluding carboxylic acids is 2. The minimum absolute atomic E-state index is 0.116. The van der Waals surface area contributed by atoms with Crippen molar-refractivity contribution in [1.29, 1.82) is 0 Å². The number of aromatic nitrogens is 1. The summed E-state index contributed by atoms with van der Waals surface area (Å²) in [5.41, 5.74) is 0.468. The Morgan fingerprint density at radius 2 is 2.04 bits per heavy atom. The minimum atomic E-state index is -0.116. The van der Waals surface area contributed by atoms with Crippen LogP contribution in [0.5, 0.6) is 0 Å². The maximum absolute atomic E-state index is 12.4. The van der Waals surface area contributed by atoms with Crippen LogP contribution >= 0.6 is 11.3 Å². The molecule has 0 saturated heterocycles. The van der Waals surface area contributed by atoms with Crippen molar-refractivity contribution in [2.45, 2.75) is 58.9 Å². The lowest BCUT2D eigenvalue weighted by Crippen LogP contribution is -2.32. The maximum atomic E-state index is 12.4. The Kier molecular flexibility index (Phi) is 7.02. The molecule has 1 heterocycles. The molecule has 0 unspecified atom stereocenters. The molecule has 6 heteroatoms. The molecule has 0 atom stereocenters. The van der Waals surface area contributed by atoms with Gasteiger partial charge in [-0.2, -0.15) is 0 Å². The normalized spacial score (nSPS) is 13.8. The fourth-order valence-electron chi connectivity index (χ4n) is 2.32. The molecule has 128 valence electrons. The van der Waals surface area contributed by atoms with Gasteiger partial charge in [-0.1, -0.05) is 26.7 Å². The molecular formula is C17H27N3O2S. The van der Waals surface area contributed by atoms with Gasteiger partial charge in [-0.05, 0) is 25.7 Å². The molecule has 1 aliphatic carbocycles. The fraction of sp³-hybridized carbons (Fsp3) is 0.706. The molecule has 1 aromatic rings. The average Bonchev–Trinajstić information content (AvgIpc) is 3.30. The summed E-state index contributed by atoms with van der Waals surface area (Å²) in [4.78, 5) is 30.7. The Labute approximate surface area is 142 Å². The topological polar surface area (TPSA) is 62.3 Å². The van der Waals surface area contributed by atoms with E-state index >= 15 is 0 Å². The van der Waals surface area contributed by atoms with E-state index in [0.717, 1.165) is 50.1 Å². The first-order valence-corrected chi connectivity index (χ1v) is 9.55. The van der Waals surface area contributed by atoms with E-state index in [1.807, 2.05) is 4.90 Å². The van der Waals surface area contributed by atoms with Gasteiger partial charge in [0, 0.05) is 24.4 Å². The van der Waals surface area contributed by atoms with Gasteiger partial charge >= 0.3 is 0 Å². The SMILES string of the molecule is CCCCNC(=O)c1csc(CN(CCCC)C(=O)C2CC2)n1. The highest BCUT2D eigenvalue weighted by molar-refractivity contribution is 7.09. The van der Waals surface area contributed by atoms with Crippen molar-refractivity contribution in [1.82, 2.24) is 15.2 Å². The lowest BCUT2D eigenvalue weighted by molar-refractivity contribution is -0.133. The number of nitrogens with one attached hydrogen (secondary N) is 1. The van der Waals surface area contributed by atoms with Crippen LogP contribution in [0.1, 0.15) is 67.9 Å². The van der Waals surface area contributed by atoms with Crippen LogP contribution in [0.2, 0.25) is 0 Å². The molecule has 0 radical (unpaired) electrons. The van der Waals surface area contributed by atoms with E-state index in [0.29, 0.717) is 18.8 Å². The number of hydrogen-bond acceptors (Lipinski definition) is 4. The summed E-state index contributed by atoms with van der Waals surface area (Å²) >= 11 is 1.46. The third kappa shape index (κ3) is 5.61. The van der Waals surface area contributed by atoms with Crippen molar-refractivity contribution in [2.24, 2.45) is 5.92 Å². The molecule has 1 saturated carbocycles. The summed E-state index contributed by atoms with van der Waals surface area (Å²) < 4.78 is 0. The van der Waals surface area contributed by atoms with E-state index < -0.39 is 0 Å². The average molecular weight is 337 g/mol. The number of rotatable bonds is 10. The monoisotopic (exact) mass is 337 g/mol. The van der Waals surface area contributed by atoms with E-state index in [9.17, 15) is 9.59 Å². The second-order valence-electron chi connectivity index (χ2n) is 6.12. The quantitative estimate of drug-likeness (QED) is 0.667. The van der Waals surface area contributed by atoms with Gasteiger partial charge in [0.1, 0.15) is 10.7 Å². The molecule has 0 spiro atoms. The van der Waals surface area contributed by atoms with E-state index in [4.69, 9.17) is 0 Å². The highest BCUT2D eigenvalue weighted by atomic mass is 32.1. The van der Waals surface area contributed by atoms with Crippen molar-refractivity contribution < 1.29 is 9.59 Å². The van der Waals surface area contributed by atoms with Crippen molar-refractivity contribution in [3.05, 3.63) is 16.1 Å². The predicted octanol–water partition coefficient (Wildman–Crippen LogP) is 3.21. The van der Waals surface area contributed by atoms with E-state index in [1.165, 1.54) is 11.3 Å².